The summed E-state index contributed by atoms with van der Waals surface area (Å²) in [5, 5.41) is 14.3. The van der Waals surface area contributed by atoms with Crippen LogP contribution in [0.25, 0.3) is 11.3 Å². The van der Waals surface area contributed by atoms with Gasteiger partial charge in [-0.05, 0) is 32.9 Å². The molecule has 0 fully saturated rings. The van der Waals surface area contributed by atoms with E-state index in [2.05, 4.69) is 10.3 Å². The summed E-state index contributed by atoms with van der Waals surface area (Å²) in [4.78, 5) is 15.9. The lowest BCUT2D eigenvalue weighted by Crippen LogP contribution is -2.27. The summed E-state index contributed by atoms with van der Waals surface area (Å²) in [5.41, 5.74) is 0.936. The van der Waals surface area contributed by atoms with Crippen molar-refractivity contribution < 1.29 is 14.6 Å². The van der Waals surface area contributed by atoms with Crippen molar-refractivity contribution in [3.8, 4) is 17.0 Å². The van der Waals surface area contributed by atoms with Crippen molar-refractivity contribution in [1.82, 2.24) is 4.98 Å². The fraction of sp³-hybridized carbons (Fsp3) is 0.286. The van der Waals surface area contributed by atoms with Crippen LogP contribution in [0.15, 0.2) is 29.6 Å². The van der Waals surface area contributed by atoms with E-state index < -0.39 is 11.7 Å². The molecule has 20 heavy (non-hydrogen) atoms. The SMILES string of the molecule is CC(C)(C)OC(=O)Nc1nc(-c2cccc(O)c2)cs1. The number of thiazole rings is 1. The first-order chi connectivity index (χ1) is 9.33. The monoisotopic (exact) mass is 292 g/mol. The van der Waals surface area contributed by atoms with E-state index in [-0.39, 0.29) is 5.75 Å². The Morgan fingerprint density at radius 1 is 1.40 bits per heavy atom. The van der Waals surface area contributed by atoms with Crippen molar-refractivity contribution in [2.24, 2.45) is 0 Å². The lowest BCUT2D eigenvalue weighted by atomic mass is 10.2. The molecule has 0 radical (unpaired) electrons. The van der Waals surface area contributed by atoms with Gasteiger partial charge in [-0.25, -0.2) is 9.78 Å². The summed E-state index contributed by atoms with van der Waals surface area (Å²) in [6.45, 7) is 5.39. The summed E-state index contributed by atoms with van der Waals surface area (Å²) in [6.07, 6.45) is -0.533. The van der Waals surface area contributed by atoms with E-state index in [9.17, 15) is 9.90 Å². The summed E-state index contributed by atoms with van der Waals surface area (Å²) >= 11 is 1.30. The van der Waals surface area contributed by atoms with E-state index in [0.717, 1.165) is 5.56 Å². The molecule has 0 atom stereocenters. The third-order valence-corrected chi connectivity index (χ3v) is 3.01. The molecule has 0 aliphatic rings. The minimum atomic E-state index is -0.546. The number of carbonyl (C=O) groups is 1. The van der Waals surface area contributed by atoms with E-state index in [1.165, 1.54) is 11.3 Å². The van der Waals surface area contributed by atoms with Crippen molar-refractivity contribution in [2.45, 2.75) is 26.4 Å². The molecule has 0 saturated heterocycles. The molecule has 0 aliphatic carbocycles. The molecule has 106 valence electrons. The number of anilines is 1. The van der Waals surface area contributed by atoms with Gasteiger partial charge in [0.1, 0.15) is 11.4 Å². The van der Waals surface area contributed by atoms with Crippen LogP contribution < -0.4 is 5.32 Å². The molecule has 2 N–H and O–H groups in total. The Morgan fingerprint density at radius 3 is 2.80 bits per heavy atom. The Labute approximate surface area is 121 Å². The van der Waals surface area contributed by atoms with Crippen LogP contribution in [0.1, 0.15) is 20.8 Å². The van der Waals surface area contributed by atoms with Gasteiger partial charge in [-0.2, -0.15) is 0 Å². The van der Waals surface area contributed by atoms with Gasteiger partial charge in [0, 0.05) is 10.9 Å². The molecule has 1 heterocycles. The number of carbonyl (C=O) groups excluding carboxylic acids is 1. The van der Waals surface area contributed by atoms with E-state index in [0.29, 0.717) is 10.8 Å². The smallest absolute Gasteiger partial charge is 0.413 e. The maximum absolute atomic E-state index is 11.6. The summed E-state index contributed by atoms with van der Waals surface area (Å²) in [6, 6.07) is 6.79. The summed E-state index contributed by atoms with van der Waals surface area (Å²) < 4.78 is 5.15. The second-order valence-electron chi connectivity index (χ2n) is 5.22. The Bertz CT molecular complexity index is 617. The molecule has 0 aliphatic heterocycles. The van der Waals surface area contributed by atoms with Crippen LogP contribution in [0.2, 0.25) is 0 Å². The number of ether oxygens (including phenoxy) is 1. The zero-order valence-corrected chi connectivity index (χ0v) is 12.3. The maximum Gasteiger partial charge on any atom is 0.413 e. The molecule has 0 unspecified atom stereocenters. The quantitative estimate of drug-likeness (QED) is 0.881. The first-order valence-electron chi connectivity index (χ1n) is 6.08. The fourth-order valence-corrected chi connectivity index (χ4v) is 2.23. The average molecular weight is 292 g/mol. The molecule has 0 saturated carbocycles. The van der Waals surface area contributed by atoms with Crippen LogP contribution in [-0.4, -0.2) is 21.8 Å². The van der Waals surface area contributed by atoms with Crippen molar-refractivity contribution in [2.75, 3.05) is 5.32 Å². The molecule has 5 nitrogen and oxygen atoms in total. The predicted octanol–water partition coefficient (Wildman–Crippen LogP) is 3.86. The van der Waals surface area contributed by atoms with Gasteiger partial charge in [0.25, 0.3) is 0 Å². The molecule has 0 bridgehead atoms. The van der Waals surface area contributed by atoms with Gasteiger partial charge in [-0.3, -0.25) is 5.32 Å². The first-order valence-corrected chi connectivity index (χ1v) is 6.96. The van der Waals surface area contributed by atoms with Gasteiger partial charge in [0.05, 0.1) is 5.69 Å². The third kappa shape index (κ3) is 3.96. The zero-order chi connectivity index (χ0) is 14.8. The Balaban J connectivity index is 2.08. The van der Waals surface area contributed by atoms with Crippen molar-refractivity contribution in [1.29, 1.82) is 0 Å². The second kappa shape index (κ2) is 5.50. The van der Waals surface area contributed by atoms with Crippen LogP contribution in [0.5, 0.6) is 5.75 Å². The van der Waals surface area contributed by atoms with Crippen LogP contribution in [-0.2, 0) is 4.74 Å². The molecular formula is C14H16N2O3S. The van der Waals surface area contributed by atoms with Crippen molar-refractivity contribution >= 4 is 22.6 Å². The topological polar surface area (TPSA) is 71.5 Å². The maximum atomic E-state index is 11.6. The molecular weight excluding hydrogens is 276 g/mol. The highest BCUT2D eigenvalue weighted by molar-refractivity contribution is 7.14. The molecule has 6 heteroatoms. The lowest BCUT2D eigenvalue weighted by molar-refractivity contribution is 0.0636. The largest absolute Gasteiger partial charge is 0.508 e. The first kappa shape index (κ1) is 14.3. The second-order valence-corrected chi connectivity index (χ2v) is 6.07. The number of nitrogens with one attached hydrogen (secondary N) is 1. The Morgan fingerprint density at radius 2 is 2.15 bits per heavy atom. The standard InChI is InChI=1S/C14H16N2O3S/c1-14(2,3)19-13(18)16-12-15-11(8-20-12)9-5-4-6-10(17)7-9/h4-8,17H,1-3H3,(H,15,16,18). The van der Waals surface area contributed by atoms with Crippen LogP contribution in [0.4, 0.5) is 9.93 Å². The number of aromatic hydroxyl groups is 1. The minimum absolute atomic E-state index is 0.178. The van der Waals surface area contributed by atoms with Crippen molar-refractivity contribution in [3.05, 3.63) is 29.6 Å². The summed E-state index contributed by atoms with van der Waals surface area (Å²) in [5.74, 6) is 0.178. The predicted molar refractivity (Wildman–Crippen MR) is 79.1 cm³/mol. The number of phenols is 1. The van der Waals surface area contributed by atoms with E-state index >= 15 is 0 Å². The molecule has 1 aromatic carbocycles. The number of amides is 1. The highest BCUT2D eigenvalue weighted by Crippen LogP contribution is 2.27. The van der Waals surface area contributed by atoms with Gasteiger partial charge in [0.15, 0.2) is 5.13 Å². The summed E-state index contributed by atoms with van der Waals surface area (Å²) in [7, 11) is 0. The van der Waals surface area contributed by atoms with Crippen LogP contribution in [0, 0.1) is 0 Å². The van der Waals surface area contributed by atoms with Crippen molar-refractivity contribution in [3.63, 3.8) is 0 Å². The number of hydrogen-bond acceptors (Lipinski definition) is 5. The normalized spacial score (nSPS) is 11.2. The molecule has 1 aromatic heterocycles. The number of benzene rings is 1. The van der Waals surface area contributed by atoms with E-state index in [4.69, 9.17) is 4.74 Å². The van der Waals surface area contributed by atoms with Gasteiger partial charge in [-0.1, -0.05) is 12.1 Å². The fourth-order valence-electron chi connectivity index (χ4n) is 1.52. The number of nitrogens with zero attached hydrogens (tertiary/aromatic N) is 1. The van der Waals surface area contributed by atoms with Gasteiger partial charge in [0.2, 0.25) is 0 Å². The minimum Gasteiger partial charge on any atom is -0.508 e. The highest BCUT2D eigenvalue weighted by atomic mass is 32.1. The molecule has 2 aromatic rings. The Hall–Kier alpha value is -2.08. The number of rotatable bonds is 2. The van der Waals surface area contributed by atoms with Crippen LogP contribution >= 0.6 is 11.3 Å². The van der Waals surface area contributed by atoms with E-state index in [1.807, 2.05) is 11.4 Å². The third-order valence-electron chi connectivity index (χ3n) is 2.25. The van der Waals surface area contributed by atoms with E-state index in [1.54, 1.807) is 39.0 Å². The lowest BCUT2D eigenvalue weighted by Gasteiger charge is -2.18. The molecule has 0 spiro atoms. The molecule has 1 amide bonds. The number of hydrogen-bond donors (Lipinski definition) is 2. The van der Waals surface area contributed by atoms with Gasteiger partial charge in [-0.15, -0.1) is 11.3 Å². The number of phenolic OH excluding ortho intramolecular Hbond substituents is 1. The van der Waals surface area contributed by atoms with Gasteiger partial charge >= 0.3 is 6.09 Å². The average Bonchev–Trinajstić information content (AvgIpc) is 2.74. The zero-order valence-electron chi connectivity index (χ0n) is 11.5. The Kier molecular flexibility index (Phi) is 3.94. The van der Waals surface area contributed by atoms with Crippen LogP contribution in [0.3, 0.4) is 0 Å². The van der Waals surface area contributed by atoms with Gasteiger partial charge < -0.3 is 9.84 Å². The number of aromatic nitrogens is 1. The molecule has 2 rings (SSSR count). The highest BCUT2D eigenvalue weighted by Gasteiger charge is 2.17.